The zero-order valence-corrected chi connectivity index (χ0v) is 20.0. The smallest absolute Gasteiger partial charge is 0.397 e. The van der Waals surface area contributed by atoms with Crippen molar-refractivity contribution in [3.8, 4) is 5.06 Å². The Morgan fingerprint density at radius 2 is 1.88 bits per heavy atom. The van der Waals surface area contributed by atoms with E-state index in [0.29, 0.717) is 18.2 Å². The van der Waals surface area contributed by atoms with Gasteiger partial charge >= 0.3 is 6.09 Å². The Bertz CT molecular complexity index is 950. The molecule has 6 nitrogen and oxygen atoms in total. The lowest BCUT2D eigenvalue weighted by molar-refractivity contribution is -0.137. The van der Waals surface area contributed by atoms with Gasteiger partial charge in [-0.2, -0.15) is 0 Å². The number of aryl methyl sites for hydroxylation is 3. The van der Waals surface area contributed by atoms with Crippen LogP contribution >= 0.6 is 11.3 Å². The molecule has 1 aliphatic carbocycles. The molecule has 0 spiro atoms. The molecule has 1 saturated heterocycles. The molecule has 0 radical (unpaired) electrons. The molecule has 1 N–H and O–H groups in total. The predicted molar refractivity (Wildman–Crippen MR) is 126 cm³/mol. The maximum absolute atomic E-state index is 13.2. The minimum atomic E-state index is -0.475. The summed E-state index contributed by atoms with van der Waals surface area (Å²) in [6, 6.07) is 8.53. The zero-order valence-electron chi connectivity index (χ0n) is 19.2. The van der Waals surface area contributed by atoms with E-state index in [0.717, 1.165) is 49.2 Å². The second-order valence-corrected chi connectivity index (χ2v) is 10.3. The molecule has 2 atom stereocenters. The van der Waals surface area contributed by atoms with Crippen molar-refractivity contribution in [2.75, 3.05) is 13.1 Å². The minimum Gasteiger partial charge on any atom is -0.397 e. The average molecular weight is 456 g/mol. The number of nitrogens with one attached hydrogen (secondary N) is 1. The molecule has 2 unspecified atom stereocenters. The lowest BCUT2D eigenvalue weighted by atomic mass is 9.87. The van der Waals surface area contributed by atoms with Gasteiger partial charge in [0.25, 0.3) is 0 Å². The number of aromatic nitrogens is 1. The molecule has 2 heterocycles. The van der Waals surface area contributed by atoms with Crippen LogP contribution in [0.3, 0.4) is 0 Å². The Balaban J connectivity index is 1.48. The highest BCUT2D eigenvalue weighted by Crippen LogP contribution is 2.32. The summed E-state index contributed by atoms with van der Waals surface area (Å²) in [6.45, 7) is 7.13. The number of carbonyl (C=O) groups excluding carboxylic acids is 2. The third-order valence-corrected chi connectivity index (χ3v) is 7.65. The predicted octanol–water partition coefficient (Wildman–Crippen LogP) is 4.99. The van der Waals surface area contributed by atoms with E-state index in [9.17, 15) is 9.59 Å². The summed E-state index contributed by atoms with van der Waals surface area (Å²) < 4.78 is 5.54. The topological polar surface area (TPSA) is 71.5 Å². The van der Waals surface area contributed by atoms with Gasteiger partial charge in [0.05, 0.1) is 16.7 Å². The molecular weight excluding hydrogens is 422 g/mol. The molecule has 2 fully saturated rings. The van der Waals surface area contributed by atoms with E-state index in [-0.39, 0.29) is 23.8 Å². The van der Waals surface area contributed by atoms with Crippen LogP contribution in [0.15, 0.2) is 24.3 Å². The molecular formula is C25H33N3O3S. The highest BCUT2D eigenvalue weighted by molar-refractivity contribution is 7.13. The standard InChI is InChI=1S/C25H33N3O3S/c1-4-18-9-11-19(12-10-18)21-13-22(15-28(14-21)23(29)20-7-5-6-8-20)27-25(30)31-24-16(2)26-17(3)32-24/h9-12,20-22H,4-8,13-15H2,1-3H3,(H,27,30). The maximum atomic E-state index is 13.2. The normalized spacial score (nSPS) is 21.5. The van der Waals surface area contributed by atoms with Crippen molar-refractivity contribution in [3.63, 3.8) is 0 Å². The highest BCUT2D eigenvalue weighted by Gasteiger charge is 2.35. The maximum Gasteiger partial charge on any atom is 0.413 e. The van der Waals surface area contributed by atoms with Crippen LogP contribution in [0.1, 0.15) is 66.8 Å². The van der Waals surface area contributed by atoms with Crippen LogP contribution in [0.4, 0.5) is 4.79 Å². The number of amides is 2. The average Bonchev–Trinajstić information content (AvgIpc) is 3.42. The number of nitrogens with zero attached hydrogens (tertiary/aromatic N) is 2. The third kappa shape index (κ3) is 5.31. The molecule has 1 aliphatic heterocycles. The Hall–Kier alpha value is -2.41. The molecule has 1 aromatic heterocycles. The number of ether oxygens (including phenoxy) is 1. The van der Waals surface area contributed by atoms with Crippen LogP contribution in [0, 0.1) is 19.8 Å². The van der Waals surface area contributed by atoms with Crippen LogP contribution in [0.25, 0.3) is 0 Å². The SMILES string of the molecule is CCc1ccc(C2CC(NC(=O)Oc3sc(C)nc3C)CN(C(=O)C3CCCC3)C2)cc1. The summed E-state index contributed by atoms with van der Waals surface area (Å²) in [5, 5.41) is 4.42. The number of hydrogen-bond donors (Lipinski definition) is 1. The fraction of sp³-hybridized carbons (Fsp3) is 0.560. The second kappa shape index (κ2) is 10.0. The molecule has 7 heteroatoms. The summed E-state index contributed by atoms with van der Waals surface area (Å²) in [5.74, 6) is 0.566. The van der Waals surface area contributed by atoms with Crippen molar-refractivity contribution in [1.29, 1.82) is 0 Å². The largest absolute Gasteiger partial charge is 0.413 e. The first kappa shape index (κ1) is 22.8. The summed E-state index contributed by atoms with van der Waals surface area (Å²) in [4.78, 5) is 32.2. The Morgan fingerprint density at radius 3 is 2.50 bits per heavy atom. The van der Waals surface area contributed by atoms with E-state index in [2.05, 4.69) is 41.5 Å². The molecule has 2 amide bonds. The van der Waals surface area contributed by atoms with E-state index in [1.807, 2.05) is 18.7 Å². The van der Waals surface area contributed by atoms with Gasteiger partial charge < -0.3 is 15.0 Å². The summed E-state index contributed by atoms with van der Waals surface area (Å²) in [7, 11) is 0. The van der Waals surface area contributed by atoms with Gasteiger partial charge in [0.2, 0.25) is 11.0 Å². The summed E-state index contributed by atoms with van der Waals surface area (Å²) >= 11 is 1.37. The van der Waals surface area contributed by atoms with Gasteiger partial charge in [0.15, 0.2) is 0 Å². The first-order chi connectivity index (χ1) is 15.4. The van der Waals surface area contributed by atoms with Gasteiger partial charge in [0.1, 0.15) is 0 Å². The van der Waals surface area contributed by atoms with Gasteiger partial charge in [-0.25, -0.2) is 9.78 Å². The van der Waals surface area contributed by atoms with Crippen LogP contribution in [-0.2, 0) is 11.2 Å². The number of carbonyl (C=O) groups is 2. The van der Waals surface area contributed by atoms with Gasteiger partial charge in [-0.3, -0.25) is 4.79 Å². The highest BCUT2D eigenvalue weighted by atomic mass is 32.1. The molecule has 1 saturated carbocycles. The van der Waals surface area contributed by atoms with Gasteiger partial charge in [-0.05, 0) is 50.7 Å². The van der Waals surface area contributed by atoms with Crippen LogP contribution in [0.2, 0.25) is 0 Å². The van der Waals surface area contributed by atoms with Crippen molar-refractivity contribution >= 4 is 23.3 Å². The quantitative estimate of drug-likeness (QED) is 0.690. The van der Waals surface area contributed by atoms with Gasteiger partial charge in [-0.1, -0.05) is 55.4 Å². The van der Waals surface area contributed by atoms with Crippen molar-refractivity contribution < 1.29 is 14.3 Å². The van der Waals surface area contributed by atoms with Crippen molar-refractivity contribution in [1.82, 2.24) is 15.2 Å². The number of benzene rings is 1. The fourth-order valence-electron chi connectivity index (χ4n) is 4.97. The first-order valence-electron chi connectivity index (χ1n) is 11.7. The van der Waals surface area contributed by atoms with E-state index in [1.165, 1.54) is 22.5 Å². The van der Waals surface area contributed by atoms with Crippen LogP contribution in [-0.4, -0.2) is 41.0 Å². The summed E-state index contributed by atoms with van der Waals surface area (Å²) in [6.07, 6.45) is 5.54. The van der Waals surface area contributed by atoms with Gasteiger partial charge in [0, 0.05) is 24.9 Å². The van der Waals surface area contributed by atoms with Crippen molar-refractivity contribution in [2.45, 2.75) is 71.3 Å². The molecule has 0 bridgehead atoms. The van der Waals surface area contributed by atoms with E-state index >= 15 is 0 Å². The molecule has 1 aromatic carbocycles. The van der Waals surface area contributed by atoms with Crippen molar-refractivity contribution in [2.24, 2.45) is 5.92 Å². The van der Waals surface area contributed by atoms with Crippen LogP contribution in [0.5, 0.6) is 5.06 Å². The van der Waals surface area contributed by atoms with E-state index in [1.54, 1.807) is 0 Å². The molecule has 172 valence electrons. The molecule has 4 rings (SSSR count). The van der Waals surface area contributed by atoms with E-state index in [4.69, 9.17) is 4.74 Å². The van der Waals surface area contributed by atoms with Crippen LogP contribution < -0.4 is 10.1 Å². The van der Waals surface area contributed by atoms with Crippen molar-refractivity contribution in [3.05, 3.63) is 46.1 Å². The number of rotatable bonds is 5. The lowest BCUT2D eigenvalue weighted by Crippen LogP contribution is -2.53. The molecule has 2 aliphatic rings. The lowest BCUT2D eigenvalue weighted by Gasteiger charge is -2.39. The Morgan fingerprint density at radius 1 is 1.16 bits per heavy atom. The fourth-order valence-corrected chi connectivity index (χ4v) is 5.73. The minimum absolute atomic E-state index is 0.131. The second-order valence-electron chi connectivity index (χ2n) is 9.09. The number of piperidine rings is 1. The monoisotopic (exact) mass is 455 g/mol. The molecule has 32 heavy (non-hydrogen) atoms. The summed E-state index contributed by atoms with van der Waals surface area (Å²) in [5.41, 5.74) is 3.25. The van der Waals surface area contributed by atoms with Gasteiger partial charge in [-0.15, -0.1) is 0 Å². The number of thiazole rings is 1. The Kier molecular flexibility index (Phi) is 7.13. The first-order valence-corrected chi connectivity index (χ1v) is 12.5. The molecule has 2 aromatic rings. The number of hydrogen-bond acceptors (Lipinski definition) is 5. The zero-order chi connectivity index (χ0) is 22.7. The third-order valence-electron chi connectivity index (χ3n) is 6.69. The van der Waals surface area contributed by atoms with E-state index < -0.39 is 6.09 Å². The Labute approximate surface area is 194 Å². The number of likely N-dealkylation sites (tertiary alicyclic amines) is 1.